The fraction of sp³-hybridized carbons (Fsp3) is 0.163. The molecule has 0 amide bonds. The van der Waals surface area contributed by atoms with E-state index in [1.54, 1.807) is 11.1 Å². The van der Waals surface area contributed by atoms with Crippen LogP contribution in [0.5, 0.6) is 0 Å². The molecule has 2 bridgehead atoms. The Balaban J connectivity index is 1.36. The van der Waals surface area contributed by atoms with E-state index < -0.39 is 0 Å². The van der Waals surface area contributed by atoms with E-state index in [1.165, 1.54) is 81.7 Å². The number of hydrogen-bond donors (Lipinski definition) is 0. The van der Waals surface area contributed by atoms with Crippen LogP contribution in [0.25, 0.3) is 33.4 Å². The number of hydrogen-bond acceptors (Lipinski definition) is 1. The second-order valence-electron chi connectivity index (χ2n) is 13.2. The predicted octanol–water partition coefficient (Wildman–Crippen LogP) is 11.6. The standard InChI is InChI=1S/C43H35N/c1-42-24-26-43(27-25-42)37-28-33(30-12-5-2-6-13-30)21-23-38(37)44(39-19-11-18-36(42)41(39)43)40-29-34(31-14-7-3-8-15-31)20-22-35(40)32-16-9-4-10-17-32/h2-23,28-29H,24-27H2,1H3. The molecular weight excluding hydrogens is 530 g/mol. The Bertz CT molecular complexity index is 2020. The van der Waals surface area contributed by atoms with Crippen LogP contribution in [0.2, 0.25) is 0 Å². The number of rotatable bonds is 4. The van der Waals surface area contributed by atoms with Crippen LogP contribution in [0.3, 0.4) is 0 Å². The highest BCUT2D eigenvalue weighted by Gasteiger charge is 2.55. The predicted molar refractivity (Wildman–Crippen MR) is 184 cm³/mol. The zero-order valence-corrected chi connectivity index (χ0v) is 25.1. The maximum absolute atomic E-state index is 2.60. The largest absolute Gasteiger partial charge is 0.309 e. The van der Waals surface area contributed by atoms with Gasteiger partial charge in [0.1, 0.15) is 0 Å². The summed E-state index contributed by atoms with van der Waals surface area (Å²) >= 11 is 0. The summed E-state index contributed by atoms with van der Waals surface area (Å²) in [5.74, 6) is 0. The van der Waals surface area contributed by atoms with Gasteiger partial charge in [-0.05, 0) is 99.9 Å². The van der Waals surface area contributed by atoms with Gasteiger partial charge < -0.3 is 4.90 Å². The van der Waals surface area contributed by atoms with Gasteiger partial charge in [-0.2, -0.15) is 0 Å². The van der Waals surface area contributed by atoms with E-state index in [-0.39, 0.29) is 10.8 Å². The van der Waals surface area contributed by atoms with E-state index in [4.69, 9.17) is 0 Å². The Hall–Kier alpha value is -4.88. The molecule has 212 valence electrons. The van der Waals surface area contributed by atoms with Gasteiger partial charge in [0.05, 0.1) is 17.1 Å². The molecule has 0 radical (unpaired) electrons. The first kappa shape index (κ1) is 25.6. The summed E-state index contributed by atoms with van der Waals surface area (Å²) < 4.78 is 0. The van der Waals surface area contributed by atoms with Crippen molar-refractivity contribution in [3.8, 4) is 33.4 Å². The highest BCUT2D eigenvalue weighted by Crippen LogP contribution is 2.66. The van der Waals surface area contributed by atoms with Crippen molar-refractivity contribution in [2.75, 3.05) is 4.90 Å². The van der Waals surface area contributed by atoms with Gasteiger partial charge in [0.15, 0.2) is 0 Å². The number of nitrogens with zero attached hydrogens (tertiary/aromatic N) is 1. The van der Waals surface area contributed by atoms with Crippen LogP contribution < -0.4 is 4.90 Å². The average Bonchev–Trinajstić information content (AvgIpc) is 3.10. The van der Waals surface area contributed by atoms with Gasteiger partial charge in [-0.3, -0.25) is 0 Å². The summed E-state index contributed by atoms with van der Waals surface area (Å²) in [6, 6.07) is 54.1. The highest BCUT2D eigenvalue weighted by atomic mass is 15.2. The van der Waals surface area contributed by atoms with Crippen molar-refractivity contribution in [2.45, 2.75) is 43.4 Å². The van der Waals surface area contributed by atoms with Gasteiger partial charge >= 0.3 is 0 Å². The van der Waals surface area contributed by atoms with Crippen molar-refractivity contribution < 1.29 is 0 Å². The lowest BCUT2D eigenvalue weighted by molar-refractivity contribution is 0.203. The molecule has 44 heavy (non-hydrogen) atoms. The summed E-state index contributed by atoms with van der Waals surface area (Å²) in [5, 5.41) is 0. The SMILES string of the molecule is CC12CCC3(CC1)c1cc(-c4ccccc4)ccc1N(c1cc(-c4ccccc4)ccc1-c1ccccc1)c1cccc2c13. The molecule has 1 aliphatic heterocycles. The topological polar surface area (TPSA) is 3.24 Å². The summed E-state index contributed by atoms with van der Waals surface area (Å²) in [6.07, 6.45) is 4.92. The molecule has 6 aromatic carbocycles. The van der Waals surface area contributed by atoms with Gasteiger partial charge in [0.2, 0.25) is 0 Å². The first-order chi connectivity index (χ1) is 21.6. The number of anilines is 3. The molecule has 1 spiro atoms. The smallest absolute Gasteiger partial charge is 0.0546 e. The van der Waals surface area contributed by atoms with E-state index in [9.17, 15) is 0 Å². The zero-order chi connectivity index (χ0) is 29.3. The summed E-state index contributed by atoms with van der Waals surface area (Å²) in [6.45, 7) is 2.51. The van der Waals surface area contributed by atoms with Gasteiger partial charge in [-0.1, -0.05) is 128 Å². The van der Waals surface area contributed by atoms with Gasteiger partial charge in [0.25, 0.3) is 0 Å². The lowest BCUT2D eigenvalue weighted by Crippen LogP contribution is -2.49. The van der Waals surface area contributed by atoms with Crippen LogP contribution in [-0.2, 0) is 10.8 Å². The van der Waals surface area contributed by atoms with Gasteiger partial charge in [0, 0.05) is 11.0 Å². The van der Waals surface area contributed by atoms with Crippen molar-refractivity contribution in [3.05, 3.63) is 162 Å². The Morgan fingerprint density at radius 2 is 1.02 bits per heavy atom. The van der Waals surface area contributed by atoms with Crippen LogP contribution in [0.1, 0.15) is 49.3 Å². The van der Waals surface area contributed by atoms with Crippen molar-refractivity contribution >= 4 is 17.1 Å². The van der Waals surface area contributed by atoms with E-state index in [2.05, 4.69) is 157 Å². The van der Waals surface area contributed by atoms with Crippen LogP contribution in [-0.4, -0.2) is 0 Å². The lowest BCUT2D eigenvalue weighted by atomic mass is 9.48. The first-order valence-electron chi connectivity index (χ1n) is 16.0. The normalized spacial score (nSPS) is 21.1. The Morgan fingerprint density at radius 3 is 1.68 bits per heavy atom. The maximum Gasteiger partial charge on any atom is 0.0546 e. The average molecular weight is 566 g/mol. The molecule has 0 saturated heterocycles. The Kier molecular flexibility index (Phi) is 5.56. The van der Waals surface area contributed by atoms with E-state index >= 15 is 0 Å². The molecule has 10 rings (SSSR count). The molecule has 3 aliphatic carbocycles. The third-order valence-electron chi connectivity index (χ3n) is 10.9. The van der Waals surface area contributed by atoms with Gasteiger partial charge in [-0.15, -0.1) is 0 Å². The molecule has 1 saturated carbocycles. The molecule has 0 unspecified atom stereocenters. The molecule has 1 fully saturated rings. The van der Waals surface area contributed by atoms with Crippen molar-refractivity contribution in [3.63, 3.8) is 0 Å². The summed E-state index contributed by atoms with van der Waals surface area (Å²) in [4.78, 5) is 2.60. The van der Waals surface area contributed by atoms with Crippen LogP contribution in [0.4, 0.5) is 17.1 Å². The third kappa shape index (κ3) is 3.65. The lowest BCUT2D eigenvalue weighted by Gasteiger charge is -2.58. The molecule has 0 aromatic heterocycles. The van der Waals surface area contributed by atoms with Crippen molar-refractivity contribution in [2.24, 2.45) is 0 Å². The second-order valence-corrected chi connectivity index (χ2v) is 13.2. The van der Waals surface area contributed by atoms with E-state index in [0.29, 0.717) is 0 Å². The highest BCUT2D eigenvalue weighted by molar-refractivity contribution is 5.96. The number of fused-ring (bicyclic) bond motifs is 3. The molecule has 1 heterocycles. The fourth-order valence-electron chi connectivity index (χ4n) is 8.59. The third-order valence-corrected chi connectivity index (χ3v) is 10.9. The molecule has 6 aromatic rings. The van der Waals surface area contributed by atoms with Gasteiger partial charge in [-0.25, -0.2) is 0 Å². The van der Waals surface area contributed by atoms with Crippen LogP contribution >= 0.6 is 0 Å². The van der Waals surface area contributed by atoms with Crippen molar-refractivity contribution in [1.82, 2.24) is 0 Å². The molecule has 0 N–H and O–H groups in total. The first-order valence-corrected chi connectivity index (χ1v) is 16.0. The molecule has 1 heteroatoms. The van der Waals surface area contributed by atoms with Crippen LogP contribution in [0, 0.1) is 0 Å². The van der Waals surface area contributed by atoms with E-state index in [1.807, 2.05) is 0 Å². The molecule has 0 atom stereocenters. The minimum Gasteiger partial charge on any atom is -0.309 e. The summed E-state index contributed by atoms with van der Waals surface area (Å²) in [7, 11) is 0. The fourth-order valence-corrected chi connectivity index (χ4v) is 8.59. The van der Waals surface area contributed by atoms with Crippen LogP contribution in [0.15, 0.2) is 146 Å². The maximum atomic E-state index is 2.60. The number of benzene rings is 6. The molecule has 4 aliphatic rings. The molecular formula is C43H35N. The monoisotopic (exact) mass is 565 g/mol. The Morgan fingerprint density at radius 1 is 0.432 bits per heavy atom. The molecule has 1 nitrogen and oxygen atoms in total. The minimum atomic E-state index is 0.0459. The zero-order valence-electron chi connectivity index (χ0n) is 25.1. The second kappa shape index (κ2) is 9.56. The van der Waals surface area contributed by atoms with E-state index in [0.717, 1.165) is 0 Å². The quantitative estimate of drug-likeness (QED) is 0.205. The summed E-state index contributed by atoms with van der Waals surface area (Å²) in [5.41, 5.74) is 16.4. The van der Waals surface area contributed by atoms with Crippen molar-refractivity contribution in [1.29, 1.82) is 0 Å². The minimum absolute atomic E-state index is 0.0459. The Labute approximate surface area is 260 Å².